The second-order valence-corrected chi connectivity index (χ2v) is 4.02. The highest BCUT2D eigenvalue weighted by Gasteiger charge is 2.06. The van der Waals surface area contributed by atoms with Crippen molar-refractivity contribution in [2.45, 2.75) is 33.1 Å². The van der Waals surface area contributed by atoms with Gasteiger partial charge in [-0.3, -0.25) is 0 Å². The molecular formula is C13H21NO. The first kappa shape index (κ1) is 12.1. The molecule has 0 aliphatic carbocycles. The lowest BCUT2D eigenvalue weighted by Gasteiger charge is -2.12. The summed E-state index contributed by atoms with van der Waals surface area (Å²) in [5, 5.41) is 0. The summed E-state index contributed by atoms with van der Waals surface area (Å²) in [6, 6.07) is 4.37. The van der Waals surface area contributed by atoms with Crippen LogP contribution in [0.2, 0.25) is 0 Å². The number of unbranched alkanes of at least 4 members (excludes halogenated alkanes) is 1. The molecule has 2 N–H and O–H groups in total. The van der Waals surface area contributed by atoms with Crippen LogP contribution in [0.15, 0.2) is 12.1 Å². The lowest BCUT2D eigenvalue weighted by molar-refractivity contribution is 0.405. The molecule has 0 radical (unpaired) electrons. The standard InChI is InChI=1S/C13H21NO/c1-10-8-11(2)13(15-3)12(9-10)6-4-5-7-14/h8-9H,4-7,14H2,1-3H3. The maximum Gasteiger partial charge on any atom is 0.124 e. The second-order valence-electron chi connectivity index (χ2n) is 4.02. The van der Waals surface area contributed by atoms with Gasteiger partial charge in [0.15, 0.2) is 0 Å². The summed E-state index contributed by atoms with van der Waals surface area (Å²) in [6.07, 6.45) is 3.27. The number of nitrogens with two attached hydrogens (primary N) is 1. The van der Waals surface area contributed by atoms with Crippen LogP contribution in [0.3, 0.4) is 0 Å². The molecule has 1 aromatic rings. The summed E-state index contributed by atoms with van der Waals surface area (Å²) in [6.45, 7) is 4.99. The maximum atomic E-state index is 5.49. The Morgan fingerprint density at radius 2 is 1.93 bits per heavy atom. The van der Waals surface area contributed by atoms with Gasteiger partial charge >= 0.3 is 0 Å². The van der Waals surface area contributed by atoms with Crippen LogP contribution in [0, 0.1) is 13.8 Å². The van der Waals surface area contributed by atoms with Gasteiger partial charge in [0.25, 0.3) is 0 Å². The summed E-state index contributed by atoms with van der Waals surface area (Å²) in [4.78, 5) is 0. The molecule has 1 rings (SSSR count). The average Bonchev–Trinajstić information content (AvgIpc) is 2.17. The molecule has 0 aliphatic heterocycles. The number of benzene rings is 1. The molecule has 0 saturated heterocycles. The van der Waals surface area contributed by atoms with Gasteiger partial charge < -0.3 is 10.5 Å². The van der Waals surface area contributed by atoms with Crippen LogP contribution in [0.1, 0.15) is 29.5 Å². The van der Waals surface area contributed by atoms with Crippen LogP contribution >= 0.6 is 0 Å². The highest BCUT2D eigenvalue weighted by atomic mass is 16.5. The molecule has 84 valence electrons. The predicted octanol–water partition coefficient (Wildman–Crippen LogP) is 2.59. The van der Waals surface area contributed by atoms with Gasteiger partial charge in [0.2, 0.25) is 0 Å². The van der Waals surface area contributed by atoms with E-state index in [2.05, 4.69) is 26.0 Å². The number of hydrogen-bond donors (Lipinski definition) is 1. The Morgan fingerprint density at radius 1 is 1.20 bits per heavy atom. The first-order chi connectivity index (χ1) is 7.19. The van der Waals surface area contributed by atoms with Gasteiger partial charge in [-0.2, -0.15) is 0 Å². The molecule has 0 spiro atoms. The van der Waals surface area contributed by atoms with Crippen molar-refractivity contribution >= 4 is 0 Å². The van der Waals surface area contributed by atoms with Gasteiger partial charge in [-0.05, 0) is 50.8 Å². The zero-order valence-electron chi connectivity index (χ0n) is 9.97. The van der Waals surface area contributed by atoms with E-state index in [1.165, 1.54) is 16.7 Å². The van der Waals surface area contributed by atoms with E-state index < -0.39 is 0 Å². The Kier molecular flexibility index (Phi) is 4.63. The molecule has 0 bridgehead atoms. The summed E-state index contributed by atoms with van der Waals surface area (Å²) in [7, 11) is 1.74. The topological polar surface area (TPSA) is 35.2 Å². The molecule has 0 aromatic heterocycles. The molecule has 0 heterocycles. The third-order valence-electron chi connectivity index (χ3n) is 2.60. The smallest absolute Gasteiger partial charge is 0.124 e. The first-order valence-corrected chi connectivity index (χ1v) is 5.53. The van der Waals surface area contributed by atoms with E-state index in [4.69, 9.17) is 10.5 Å². The van der Waals surface area contributed by atoms with Crippen molar-refractivity contribution in [1.82, 2.24) is 0 Å². The van der Waals surface area contributed by atoms with Crippen molar-refractivity contribution in [3.63, 3.8) is 0 Å². The third-order valence-corrected chi connectivity index (χ3v) is 2.60. The van der Waals surface area contributed by atoms with Crippen LogP contribution in [-0.4, -0.2) is 13.7 Å². The molecule has 2 nitrogen and oxygen atoms in total. The van der Waals surface area contributed by atoms with E-state index in [1.807, 2.05) is 0 Å². The molecule has 0 fully saturated rings. The van der Waals surface area contributed by atoms with E-state index in [-0.39, 0.29) is 0 Å². The number of hydrogen-bond acceptors (Lipinski definition) is 2. The average molecular weight is 207 g/mol. The molecule has 0 saturated carbocycles. The quantitative estimate of drug-likeness (QED) is 0.753. The molecular weight excluding hydrogens is 186 g/mol. The maximum absolute atomic E-state index is 5.49. The number of ether oxygens (including phenoxy) is 1. The van der Waals surface area contributed by atoms with E-state index in [9.17, 15) is 0 Å². The van der Waals surface area contributed by atoms with Crippen LogP contribution < -0.4 is 10.5 Å². The Labute approximate surface area is 92.4 Å². The zero-order valence-corrected chi connectivity index (χ0v) is 9.97. The fraction of sp³-hybridized carbons (Fsp3) is 0.538. The summed E-state index contributed by atoms with van der Waals surface area (Å²) < 4.78 is 5.43. The van der Waals surface area contributed by atoms with Gasteiger partial charge in [0.1, 0.15) is 5.75 Å². The van der Waals surface area contributed by atoms with E-state index in [0.717, 1.165) is 31.6 Å². The monoisotopic (exact) mass is 207 g/mol. The van der Waals surface area contributed by atoms with Gasteiger partial charge in [-0.15, -0.1) is 0 Å². The number of rotatable bonds is 5. The minimum Gasteiger partial charge on any atom is -0.496 e. The first-order valence-electron chi connectivity index (χ1n) is 5.53. The summed E-state index contributed by atoms with van der Waals surface area (Å²) in [5.41, 5.74) is 9.32. The van der Waals surface area contributed by atoms with Crippen LogP contribution in [0.4, 0.5) is 0 Å². The van der Waals surface area contributed by atoms with Crippen molar-refractivity contribution < 1.29 is 4.74 Å². The predicted molar refractivity (Wildman–Crippen MR) is 64.5 cm³/mol. The van der Waals surface area contributed by atoms with Crippen molar-refractivity contribution in [2.75, 3.05) is 13.7 Å². The van der Waals surface area contributed by atoms with Crippen LogP contribution in [-0.2, 0) is 6.42 Å². The molecule has 0 atom stereocenters. The minimum absolute atomic E-state index is 0.771. The Hall–Kier alpha value is -1.02. The molecule has 15 heavy (non-hydrogen) atoms. The number of methoxy groups -OCH3 is 1. The zero-order chi connectivity index (χ0) is 11.3. The molecule has 0 aliphatic rings. The Balaban J connectivity index is 2.84. The largest absolute Gasteiger partial charge is 0.496 e. The van der Waals surface area contributed by atoms with E-state index >= 15 is 0 Å². The van der Waals surface area contributed by atoms with Crippen molar-refractivity contribution in [2.24, 2.45) is 5.73 Å². The van der Waals surface area contributed by atoms with Crippen molar-refractivity contribution in [3.8, 4) is 5.75 Å². The van der Waals surface area contributed by atoms with Gasteiger partial charge in [-0.25, -0.2) is 0 Å². The van der Waals surface area contributed by atoms with Gasteiger partial charge in [0.05, 0.1) is 7.11 Å². The van der Waals surface area contributed by atoms with Gasteiger partial charge in [0, 0.05) is 0 Å². The molecule has 1 aromatic carbocycles. The van der Waals surface area contributed by atoms with Crippen LogP contribution in [0.5, 0.6) is 5.75 Å². The Bertz CT molecular complexity index is 321. The van der Waals surface area contributed by atoms with Crippen molar-refractivity contribution in [1.29, 1.82) is 0 Å². The lowest BCUT2D eigenvalue weighted by Crippen LogP contribution is -2.01. The fourth-order valence-electron chi connectivity index (χ4n) is 1.98. The highest BCUT2D eigenvalue weighted by Crippen LogP contribution is 2.26. The lowest BCUT2D eigenvalue weighted by atomic mass is 10.0. The van der Waals surface area contributed by atoms with E-state index in [1.54, 1.807) is 7.11 Å². The Morgan fingerprint density at radius 3 is 2.53 bits per heavy atom. The normalized spacial score (nSPS) is 10.4. The van der Waals surface area contributed by atoms with Gasteiger partial charge in [-0.1, -0.05) is 17.7 Å². The van der Waals surface area contributed by atoms with Crippen LogP contribution in [0.25, 0.3) is 0 Å². The minimum atomic E-state index is 0.771. The summed E-state index contributed by atoms with van der Waals surface area (Å²) in [5.74, 6) is 1.04. The number of aryl methyl sites for hydroxylation is 3. The van der Waals surface area contributed by atoms with E-state index in [0.29, 0.717) is 0 Å². The second kappa shape index (κ2) is 5.76. The summed E-state index contributed by atoms with van der Waals surface area (Å²) >= 11 is 0. The molecule has 2 heteroatoms. The third kappa shape index (κ3) is 3.24. The van der Waals surface area contributed by atoms with Crippen molar-refractivity contribution in [3.05, 3.63) is 28.8 Å². The SMILES string of the molecule is COc1c(C)cc(C)cc1CCCCN. The molecule has 0 unspecified atom stereocenters. The highest BCUT2D eigenvalue weighted by molar-refractivity contribution is 5.43. The molecule has 0 amide bonds. The fourth-order valence-corrected chi connectivity index (χ4v) is 1.98.